The highest BCUT2D eigenvalue weighted by molar-refractivity contribution is 6.32. The molecule has 6 aromatic rings. The maximum Gasteiger partial charge on any atom is 0.229 e. The quantitative estimate of drug-likeness (QED) is 0.193. The van der Waals surface area contributed by atoms with Crippen LogP contribution in [0.4, 0.5) is 0 Å². The van der Waals surface area contributed by atoms with Crippen LogP contribution in [-0.2, 0) is 11.2 Å². The molecule has 0 unspecified atom stereocenters. The molecular weight excluding hydrogens is 631 g/mol. The number of guanidine groups is 1. The maximum absolute atomic E-state index is 7.13. The van der Waals surface area contributed by atoms with E-state index in [0.717, 1.165) is 44.8 Å². The zero-order valence-corrected chi connectivity index (χ0v) is 27.4. The van der Waals surface area contributed by atoms with Gasteiger partial charge in [-0.25, -0.2) is 9.98 Å². The number of rotatable bonds is 6. The minimum Gasteiger partial charge on any atom is -0.359 e. The Morgan fingerprint density at radius 1 is 0.500 bits per heavy atom. The summed E-state index contributed by atoms with van der Waals surface area (Å²) in [7, 11) is 0. The van der Waals surface area contributed by atoms with Crippen LogP contribution in [0.15, 0.2) is 186 Å². The highest BCUT2D eigenvalue weighted by atomic mass is 35.5. The molecule has 4 nitrogen and oxygen atoms in total. The van der Waals surface area contributed by atoms with E-state index in [2.05, 4.69) is 83.0 Å². The fourth-order valence-corrected chi connectivity index (χ4v) is 7.46. The summed E-state index contributed by atoms with van der Waals surface area (Å²) in [4.78, 5) is 13.5. The summed E-state index contributed by atoms with van der Waals surface area (Å²) in [5.74, 6) is 0.515. The second-order valence-corrected chi connectivity index (χ2v) is 12.5. The standard InChI is InChI=1S/C42H30Cl2N4/c43-36-27-15-13-25-34(36)42(35-26-14-16-28-37(35)44)45-29-38(30-17-5-1-6-18-30)48(42)40-46-39(31-19-7-2-8-20-31)41(47-40,32-21-9-3-10-22-32)33-23-11-4-12-24-33/h1-29,45H. The molecule has 2 aliphatic rings. The highest BCUT2D eigenvalue weighted by Crippen LogP contribution is 2.50. The molecule has 0 bridgehead atoms. The third kappa shape index (κ3) is 4.76. The van der Waals surface area contributed by atoms with E-state index in [1.54, 1.807) is 0 Å². The van der Waals surface area contributed by atoms with Crippen molar-refractivity contribution in [1.29, 1.82) is 0 Å². The van der Waals surface area contributed by atoms with Crippen LogP contribution >= 0.6 is 23.2 Å². The average Bonchev–Trinajstić information content (AvgIpc) is 3.75. The monoisotopic (exact) mass is 660 g/mol. The van der Waals surface area contributed by atoms with Crippen molar-refractivity contribution in [2.75, 3.05) is 0 Å². The highest BCUT2D eigenvalue weighted by Gasteiger charge is 2.53. The van der Waals surface area contributed by atoms with Gasteiger partial charge in [0.15, 0.2) is 11.2 Å². The van der Waals surface area contributed by atoms with Crippen LogP contribution in [0.5, 0.6) is 0 Å². The maximum atomic E-state index is 7.13. The zero-order chi connectivity index (χ0) is 32.6. The number of halogens is 2. The van der Waals surface area contributed by atoms with Gasteiger partial charge in [-0.3, -0.25) is 4.90 Å². The Kier molecular flexibility index (Phi) is 7.68. The minimum atomic E-state index is -1.10. The van der Waals surface area contributed by atoms with E-state index in [1.807, 2.05) is 103 Å². The van der Waals surface area contributed by atoms with Crippen LogP contribution in [0.25, 0.3) is 5.70 Å². The molecule has 48 heavy (non-hydrogen) atoms. The number of nitrogens with zero attached hydrogens (tertiary/aromatic N) is 3. The van der Waals surface area contributed by atoms with Gasteiger partial charge in [-0.1, -0.05) is 181 Å². The van der Waals surface area contributed by atoms with Crippen molar-refractivity contribution in [2.45, 2.75) is 11.2 Å². The van der Waals surface area contributed by atoms with Crippen molar-refractivity contribution in [2.24, 2.45) is 9.98 Å². The van der Waals surface area contributed by atoms with Gasteiger partial charge in [-0.2, -0.15) is 0 Å². The summed E-state index contributed by atoms with van der Waals surface area (Å²) in [5, 5.41) is 4.93. The molecule has 0 amide bonds. The summed E-state index contributed by atoms with van der Waals surface area (Å²) in [6.07, 6.45) is 2.02. The lowest BCUT2D eigenvalue weighted by Gasteiger charge is -2.42. The van der Waals surface area contributed by atoms with Crippen molar-refractivity contribution in [3.63, 3.8) is 0 Å². The van der Waals surface area contributed by atoms with Crippen LogP contribution < -0.4 is 5.32 Å². The molecule has 6 heteroatoms. The lowest BCUT2D eigenvalue weighted by atomic mass is 9.77. The molecule has 0 saturated carbocycles. The van der Waals surface area contributed by atoms with Gasteiger partial charge < -0.3 is 5.32 Å². The Bertz CT molecular complexity index is 2090. The fourth-order valence-electron chi connectivity index (χ4n) is 6.92. The molecule has 0 aliphatic carbocycles. The Morgan fingerprint density at radius 3 is 1.44 bits per heavy atom. The van der Waals surface area contributed by atoms with Gasteiger partial charge in [-0.05, 0) is 34.4 Å². The van der Waals surface area contributed by atoms with E-state index in [4.69, 9.17) is 33.2 Å². The summed E-state index contributed by atoms with van der Waals surface area (Å²) in [5.41, 5.74) is 5.25. The molecule has 0 fully saturated rings. The molecule has 0 atom stereocenters. The van der Waals surface area contributed by atoms with Gasteiger partial charge in [-0.15, -0.1) is 0 Å². The number of benzene rings is 6. The van der Waals surface area contributed by atoms with Gasteiger partial charge in [0, 0.05) is 27.4 Å². The normalized spacial score (nSPS) is 16.1. The predicted molar refractivity (Wildman–Crippen MR) is 197 cm³/mol. The first-order valence-electron chi connectivity index (χ1n) is 15.8. The lowest BCUT2D eigenvalue weighted by Crippen LogP contribution is -2.52. The molecule has 8 rings (SSSR count). The van der Waals surface area contributed by atoms with Crippen molar-refractivity contribution in [1.82, 2.24) is 10.2 Å². The van der Waals surface area contributed by atoms with E-state index in [1.165, 1.54) is 0 Å². The number of aliphatic imine (C=N–C) groups is 2. The second-order valence-electron chi connectivity index (χ2n) is 11.7. The summed E-state index contributed by atoms with van der Waals surface area (Å²) >= 11 is 14.3. The van der Waals surface area contributed by atoms with Gasteiger partial charge in [0.05, 0.1) is 11.4 Å². The van der Waals surface area contributed by atoms with E-state index in [0.29, 0.717) is 16.0 Å². The first-order valence-corrected chi connectivity index (χ1v) is 16.6. The lowest BCUT2D eigenvalue weighted by molar-refractivity contribution is 0.291. The van der Waals surface area contributed by atoms with E-state index >= 15 is 0 Å². The third-order valence-electron chi connectivity index (χ3n) is 9.04. The SMILES string of the molecule is Clc1ccccc1C1(c2ccccc2Cl)NC=C(c2ccccc2)N1C1=NC(c2ccccc2)(c2ccccc2)C(c2ccccc2)=N1. The predicted octanol–water partition coefficient (Wildman–Crippen LogP) is 9.90. The third-order valence-corrected chi connectivity index (χ3v) is 9.70. The Labute approximate surface area is 290 Å². The molecule has 2 heterocycles. The molecular formula is C42H30Cl2N4. The molecule has 0 spiro atoms. The van der Waals surface area contributed by atoms with Gasteiger partial charge >= 0.3 is 0 Å². The van der Waals surface area contributed by atoms with Crippen LogP contribution in [0, 0.1) is 0 Å². The number of nitrogens with one attached hydrogen (secondary N) is 1. The molecule has 6 aromatic carbocycles. The Balaban J connectivity index is 1.49. The summed E-state index contributed by atoms with van der Waals surface area (Å²) < 4.78 is 0. The van der Waals surface area contributed by atoms with Crippen molar-refractivity contribution < 1.29 is 0 Å². The summed E-state index contributed by atoms with van der Waals surface area (Å²) in [6, 6.07) is 57.1. The van der Waals surface area contributed by atoms with Gasteiger partial charge in [0.1, 0.15) is 0 Å². The second kappa shape index (κ2) is 12.3. The number of hydrogen-bond donors (Lipinski definition) is 1. The van der Waals surface area contributed by atoms with Crippen LogP contribution in [0.2, 0.25) is 10.0 Å². The van der Waals surface area contributed by atoms with Crippen LogP contribution in [0.3, 0.4) is 0 Å². The molecule has 0 aromatic heterocycles. The van der Waals surface area contributed by atoms with E-state index in [-0.39, 0.29) is 0 Å². The Morgan fingerprint density at radius 2 is 0.938 bits per heavy atom. The topological polar surface area (TPSA) is 40.0 Å². The van der Waals surface area contributed by atoms with E-state index in [9.17, 15) is 0 Å². The smallest absolute Gasteiger partial charge is 0.229 e. The van der Waals surface area contributed by atoms with Crippen molar-refractivity contribution in [3.8, 4) is 0 Å². The average molecular weight is 662 g/mol. The molecule has 1 N–H and O–H groups in total. The van der Waals surface area contributed by atoms with Crippen molar-refractivity contribution >= 4 is 40.6 Å². The molecule has 0 saturated heterocycles. The molecule has 2 aliphatic heterocycles. The summed E-state index contributed by atoms with van der Waals surface area (Å²) in [6.45, 7) is 0. The van der Waals surface area contributed by atoms with Gasteiger partial charge in [0.2, 0.25) is 5.96 Å². The van der Waals surface area contributed by atoms with Crippen molar-refractivity contribution in [3.05, 3.63) is 219 Å². The van der Waals surface area contributed by atoms with Crippen LogP contribution in [-0.4, -0.2) is 16.6 Å². The van der Waals surface area contributed by atoms with Crippen LogP contribution in [0.1, 0.15) is 33.4 Å². The fraction of sp³-hybridized carbons (Fsp3) is 0.0476. The minimum absolute atomic E-state index is 0.515. The largest absolute Gasteiger partial charge is 0.359 e. The first kappa shape index (κ1) is 29.9. The van der Waals surface area contributed by atoms with E-state index < -0.39 is 11.2 Å². The Hall–Kier alpha value is -5.42. The molecule has 232 valence electrons. The zero-order valence-electron chi connectivity index (χ0n) is 25.8. The first-order chi connectivity index (χ1) is 23.6. The van der Waals surface area contributed by atoms with Gasteiger partial charge in [0.25, 0.3) is 0 Å². The number of hydrogen-bond acceptors (Lipinski definition) is 4. The molecule has 0 radical (unpaired) electrons.